The maximum absolute atomic E-state index is 14.0. The fourth-order valence-electron chi connectivity index (χ4n) is 6.16. The highest BCUT2D eigenvalue weighted by Gasteiger charge is 2.50. The van der Waals surface area contributed by atoms with Crippen LogP contribution in [0.3, 0.4) is 0 Å². The van der Waals surface area contributed by atoms with Crippen molar-refractivity contribution >= 4 is 55.7 Å². The summed E-state index contributed by atoms with van der Waals surface area (Å²) in [6, 6.07) is 13.9. The van der Waals surface area contributed by atoms with Crippen LogP contribution in [-0.4, -0.2) is 77.1 Å². The van der Waals surface area contributed by atoms with Gasteiger partial charge in [-0.1, -0.05) is 29.8 Å². The molecule has 5 rings (SSSR count). The normalized spacial score (nSPS) is 23.9. The lowest BCUT2D eigenvalue weighted by atomic mass is 9.78. The van der Waals surface area contributed by atoms with Gasteiger partial charge in [0.05, 0.1) is 21.7 Å². The molecule has 1 aliphatic carbocycles. The van der Waals surface area contributed by atoms with Crippen molar-refractivity contribution in [3.05, 3.63) is 58.8 Å². The lowest BCUT2D eigenvalue weighted by molar-refractivity contribution is -0.134. The number of likely N-dealkylation sites (tertiary alicyclic amines) is 1. The van der Waals surface area contributed by atoms with Gasteiger partial charge in [-0.15, -0.1) is 0 Å². The Bertz CT molecular complexity index is 1490. The van der Waals surface area contributed by atoms with Crippen LogP contribution in [0, 0.1) is 0 Å². The zero-order chi connectivity index (χ0) is 28.7. The Morgan fingerprint density at radius 2 is 1.77 bits per heavy atom. The Hall–Kier alpha value is -2.46. The van der Waals surface area contributed by atoms with E-state index in [1.165, 1.54) is 0 Å². The van der Waals surface area contributed by atoms with Crippen LogP contribution in [-0.2, 0) is 14.6 Å². The number of sulfone groups is 1. The van der Waals surface area contributed by atoms with E-state index in [0.717, 1.165) is 12.8 Å². The van der Waals surface area contributed by atoms with Gasteiger partial charge >= 0.3 is 0 Å². The van der Waals surface area contributed by atoms with Gasteiger partial charge < -0.3 is 15.1 Å². The SMILES string of the molecule is CC(C)N(C)C1CCC(CS(=O)(=O)c2ccccc2)(N2CCC(Nc3nc(Cl)nc4ccc(Cl)cc34)C2=O)CC1. The summed E-state index contributed by atoms with van der Waals surface area (Å²) >= 11 is 12.4. The van der Waals surface area contributed by atoms with Crippen LogP contribution in [0.5, 0.6) is 0 Å². The number of nitrogens with one attached hydrogen (secondary N) is 1. The Balaban J connectivity index is 1.44. The molecule has 11 heteroatoms. The van der Waals surface area contributed by atoms with Gasteiger partial charge in [-0.25, -0.2) is 18.4 Å². The molecule has 1 N–H and O–H groups in total. The van der Waals surface area contributed by atoms with E-state index in [1.807, 2.05) is 4.90 Å². The molecule has 1 unspecified atom stereocenters. The molecule has 2 heterocycles. The third-order valence-electron chi connectivity index (χ3n) is 8.56. The maximum atomic E-state index is 14.0. The molecule has 1 aromatic heterocycles. The van der Waals surface area contributed by atoms with Crippen molar-refractivity contribution in [1.29, 1.82) is 0 Å². The number of benzene rings is 2. The summed E-state index contributed by atoms with van der Waals surface area (Å²) in [5.74, 6) is 0.216. The van der Waals surface area contributed by atoms with Crippen molar-refractivity contribution in [2.75, 3.05) is 24.7 Å². The minimum absolute atomic E-state index is 0.0673. The fourth-order valence-corrected chi connectivity index (χ4v) is 8.40. The second kappa shape index (κ2) is 11.4. The topological polar surface area (TPSA) is 95.5 Å². The predicted molar refractivity (Wildman–Crippen MR) is 160 cm³/mol. The number of nitrogens with zero attached hydrogens (tertiary/aromatic N) is 4. The third-order valence-corrected chi connectivity index (χ3v) is 10.9. The van der Waals surface area contributed by atoms with Crippen LogP contribution in [0.25, 0.3) is 10.9 Å². The highest BCUT2D eigenvalue weighted by molar-refractivity contribution is 7.91. The second-order valence-corrected chi connectivity index (χ2v) is 14.0. The summed E-state index contributed by atoms with van der Waals surface area (Å²) in [6.07, 6.45) is 3.41. The molecule has 8 nitrogen and oxygen atoms in total. The van der Waals surface area contributed by atoms with Crippen LogP contribution in [0.4, 0.5) is 5.82 Å². The molecule has 0 spiro atoms. The Morgan fingerprint density at radius 3 is 2.45 bits per heavy atom. The summed E-state index contributed by atoms with van der Waals surface area (Å²) in [6.45, 7) is 4.79. The molecule has 2 fully saturated rings. The van der Waals surface area contributed by atoms with Gasteiger partial charge in [0.25, 0.3) is 0 Å². The zero-order valence-corrected chi connectivity index (χ0v) is 25.3. The Labute approximate surface area is 246 Å². The molecule has 1 aliphatic heterocycles. The molecule has 0 radical (unpaired) electrons. The van der Waals surface area contributed by atoms with Gasteiger partial charge in [-0.2, -0.15) is 0 Å². The molecular weight excluding hydrogens is 569 g/mol. The third kappa shape index (κ3) is 5.79. The van der Waals surface area contributed by atoms with Crippen molar-refractivity contribution in [2.45, 2.75) is 74.5 Å². The number of amides is 1. The molecule has 1 atom stereocenters. The summed E-state index contributed by atoms with van der Waals surface area (Å²) in [5, 5.41) is 4.54. The number of hydrogen-bond donors (Lipinski definition) is 1. The largest absolute Gasteiger partial charge is 0.358 e. The van der Waals surface area contributed by atoms with Crippen LogP contribution in [0.2, 0.25) is 10.3 Å². The molecule has 1 saturated heterocycles. The monoisotopic (exact) mass is 603 g/mol. The standard InChI is InChI=1S/C29H35Cl2N5O3S/c1-19(2)35(3)21-11-14-29(15-12-21,18-40(38,39)22-7-5-4-6-8-22)36-16-13-25(27(36)37)32-26-23-17-20(30)9-10-24(23)33-28(31)34-26/h4-10,17,19,21,25H,11-16,18H2,1-3H3,(H,32,33,34). The van der Waals surface area contributed by atoms with E-state index in [2.05, 4.69) is 41.1 Å². The number of carbonyl (C=O) groups is 1. The first-order valence-electron chi connectivity index (χ1n) is 13.7. The molecule has 40 heavy (non-hydrogen) atoms. The van der Waals surface area contributed by atoms with Crippen molar-refractivity contribution in [1.82, 2.24) is 19.8 Å². The Morgan fingerprint density at radius 1 is 1.07 bits per heavy atom. The van der Waals surface area contributed by atoms with Crippen molar-refractivity contribution < 1.29 is 13.2 Å². The van der Waals surface area contributed by atoms with Gasteiger partial charge in [0.1, 0.15) is 11.9 Å². The molecule has 0 bridgehead atoms. The number of aromatic nitrogens is 2. The smallest absolute Gasteiger partial charge is 0.245 e. The average molecular weight is 605 g/mol. The predicted octanol–water partition coefficient (Wildman–Crippen LogP) is 5.44. The lowest BCUT2D eigenvalue weighted by Gasteiger charge is -2.48. The van der Waals surface area contributed by atoms with Crippen LogP contribution in [0.1, 0.15) is 46.0 Å². The highest BCUT2D eigenvalue weighted by Crippen LogP contribution is 2.41. The van der Waals surface area contributed by atoms with E-state index in [0.29, 0.717) is 59.6 Å². The van der Waals surface area contributed by atoms with Crippen LogP contribution >= 0.6 is 23.2 Å². The minimum Gasteiger partial charge on any atom is -0.358 e. The first-order chi connectivity index (χ1) is 19.0. The average Bonchev–Trinajstić information content (AvgIpc) is 3.29. The zero-order valence-electron chi connectivity index (χ0n) is 23.0. The van der Waals surface area contributed by atoms with Gasteiger partial charge in [0.15, 0.2) is 9.84 Å². The summed E-state index contributed by atoms with van der Waals surface area (Å²) < 4.78 is 27.3. The molecule has 2 aromatic carbocycles. The maximum Gasteiger partial charge on any atom is 0.245 e. The van der Waals surface area contributed by atoms with E-state index < -0.39 is 21.4 Å². The van der Waals surface area contributed by atoms with Crippen molar-refractivity contribution in [3.63, 3.8) is 0 Å². The van der Waals surface area contributed by atoms with Crippen LogP contribution < -0.4 is 5.32 Å². The van der Waals surface area contributed by atoms with E-state index in [1.54, 1.807) is 48.5 Å². The number of halogens is 2. The van der Waals surface area contributed by atoms with Gasteiger partial charge in [-0.05, 0) is 94.9 Å². The van der Waals surface area contributed by atoms with Crippen LogP contribution in [0.15, 0.2) is 53.4 Å². The lowest BCUT2D eigenvalue weighted by Crippen LogP contribution is -2.58. The molecule has 2 aliphatic rings. The number of hydrogen-bond acceptors (Lipinski definition) is 7. The first-order valence-corrected chi connectivity index (χ1v) is 16.1. The molecule has 1 amide bonds. The molecule has 1 saturated carbocycles. The molecular formula is C29H35Cl2N5O3S. The van der Waals surface area contributed by atoms with Gasteiger partial charge in [0.2, 0.25) is 11.2 Å². The second-order valence-electron chi connectivity index (χ2n) is 11.3. The van der Waals surface area contributed by atoms with E-state index in [4.69, 9.17) is 23.2 Å². The quantitative estimate of drug-likeness (QED) is 0.342. The number of carbonyl (C=O) groups excluding carboxylic acids is 1. The highest BCUT2D eigenvalue weighted by atomic mass is 35.5. The summed E-state index contributed by atoms with van der Waals surface area (Å²) in [5.41, 5.74) is -0.169. The summed E-state index contributed by atoms with van der Waals surface area (Å²) in [4.78, 5) is 27.1. The number of fused-ring (bicyclic) bond motifs is 1. The van der Waals surface area contributed by atoms with E-state index >= 15 is 0 Å². The molecule has 3 aromatic rings. The fraction of sp³-hybridized carbons (Fsp3) is 0.483. The van der Waals surface area contributed by atoms with E-state index in [9.17, 15) is 13.2 Å². The van der Waals surface area contributed by atoms with Gasteiger partial charge in [-0.3, -0.25) is 4.79 Å². The van der Waals surface area contributed by atoms with Gasteiger partial charge in [0, 0.05) is 29.0 Å². The van der Waals surface area contributed by atoms with Crippen molar-refractivity contribution in [3.8, 4) is 0 Å². The number of rotatable bonds is 8. The number of anilines is 1. The minimum atomic E-state index is -3.63. The molecule has 214 valence electrons. The van der Waals surface area contributed by atoms with Crippen molar-refractivity contribution in [2.24, 2.45) is 0 Å². The Kier molecular flexibility index (Phi) is 8.30. The summed E-state index contributed by atoms with van der Waals surface area (Å²) in [7, 11) is -1.51. The van der Waals surface area contributed by atoms with E-state index in [-0.39, 0.29) is 21.8 Å². The first kappa shape index (κ1) is 29.0.